The molecule has 64 valence electrons. The molecule has 0 aromatic rings. The zero-order chi connectivity index (χ0) is 7.61. The van der Waals surface area contributed by atoms with Crippen LogP contribution in [0.25, 0.3) is 0 Å². The molecule has 1 aliphatic rings. The van der Waals surface area contributed by atoms with Crippen LogP contribution in [0.1, 0.15) is 39.0 Å². The van der Waals surface area contributed by atoms with Crippen molar-refractivity contribution in [2.24, 2.45) is 5.41 Å². The maximum atomic E-state index is 10.6. The van der Waals surface area contributed by atoms with Crippen molar-refractivity contribution < 1.29 is 33.9 Å². The van der Waals surface area contributed by atoms with Gasteiger partial charge in [0.15, 0.2) is 0 Å². The van der Waals surface area contributed by atoms with Crippen LogP contribution in [0.4, 0.5) is 0 Å². The minimum Gasteiger partial charge on any atom is -0.550 e. The molecule has 0 spiro atoms. The third kappa shape index (κ3) is 2.61. The Hall–Kier alpha value is 0.200. The van der Waals surface area contributed by atoms with E-state index >= 15 is 0 Å². The third-order valence-electron chi connectivity index (χ3n) is 2.45. The Balaban J connectivity index is 0.000001000. The Labute approximate surface area is 84.4 Å². The molecular weight excluding hydrogens is 255 g/mol. The van der Waals surface area contributed by atoms with Crippen molar-refractivity contribution in [2.45, 2.75) is 39.0 Å². The number of hydrogen-bond acceptors (Lipinski definition) is 2. The molecule has 0 aromatic carbocycles. The Bertz CT molecular complexity index is 139. The van der Waals surface area contributed by atoms with Gasteiger partial charge in [0.1, 0.15) is 0 Å². The normalized spacial score (nSPS) is 21.9. The van der Waals surface area contributed by atoms with Gasteiger partial charge in [-0.05, 0) is 12.8 Å². The number of carboxylic acid groups (broad SMARTS) is 1. The second-order valence-corrected chi connectivity index (χ2v) is 3.41. The first-order chi connectivity index (χ1) is 4.65. The molecule has 0 heterocycles. The molecule has 0 aromatic heterocycles. The highest BCUT2D eigenvalue weighted by Gasteiger charge is 2.27. The van der Waals surface area contributed by atoms with Crippen molar-refractivity contribution in [3.63, 3.8) is 0 Å². The summed E-state index contributed by atoms with van der Waals surface area (Å²) in [6.07, 6.45) is 4.88. The summed E-state index contributed by atoms with van der Waals surface area (Å²) in [5.74, 6) is -0.868. The Morgan fingerprint density at radius 2 is 1.73 bits per heavy atom. The van der Waals surface area contributed by atoms with Crippen molar-refractivity contribution in [3.8, 4) is 0 Å². The molecule has 1 fully saturated rings. The fraction of sp³-hybridized carbons (Fsp3) is 0.875. The summed E-state index contributed by atoms with van der Waals surface area (Å²) in [6, 6.07) is 0. The van der Waals surface area contributed by atoms with Crippen molar-refractivity contribution in [1.82, 2.24) is 0 Å². The molecule has 1 aliphatic carbocycles. The van der Waals surface area contributed by atoms with Gasteiger partial charge in [0, 0.05) is 11.4 Å². The van der Waals surface area contributed by atoms with E-state index in [-0.39, 0.29) is 24.0 Å². The highest BCUT2D eigenvalue weighted by molar-refractivity contribution is 5.71. The number of hydrogen-bond donors (Lipinski definition) is 0. The fourth-order valence-electron chi connectivity index (χ4n) is 1.54. The van der Waals surface area contributed by atoms with Gasteiger partial charge in [-0.2, -0.15) is 0 Å². The van der Waals surface area contributed by atoms with Gasteiger partial charge in [0.25, 0.3) is 0 Å². The Kier molecular flexibility index (Phi) is 4.36. The van der Waals surface area contributed by atoms with Gasteiger partial charge in [-0.3, -0.25) is 0 Å². The minimum atomic E-state index is -0.868. The van der Waals surface area contributed by atoms with E-state index in [0.717, 1.165) is 25.7 Å². The molecule has 0 saturated heterocycles. The highest BCUT2D eigenvalue weighted by Crippen LogP contribution is 2.34. The van der Waals surface area contributed by atoms with Gasteiger partial charge >= 0.3 is 24.0 Å². The Morgan fingerprint density at radius 1 is 1.27 bits per heavy atom. The van der Waals surface area contributed by atoms with Gasteiger partial charge in [-0.15, -0.1) is 0 Å². The molecule has 0 atom stereocenters. The predicted molar refractivity (Wildman–Crippen MR) is 36.2 cm³/mol. The van der Waals surface area contributed by atoms with Crippen LogP contribution in [-0.4, -0.2) is 5.97 Å². The van der Waals surface area contributed by atoms with Crippen molar-refractivity contribution in [3.05, 3.63) is 0 Å². The van der Waals surface area contributed by atoms with Crippen molar-refractivity contribution in [1.29, 1.82) is 0 Å². The van der Waals surface area contributed by atoms with Crippen LogP contribution in [0, 0.1) is 5.41 Å². The molecule has 1 saturated carbocycles. The van der Waals surface area contributed by atoms with Crippen LogP contribution in [0.15, 0.2) is 0 Å². The summed E-state index contributed by atoms with van der Waals surface area (Å²) in [4.78, 5) is 10.6. The third-order valence-corrected chi connectivity index (χ3v) is 2.45. The molecule has 3 heteroatoms. The summed E-state index contributed by atoms with van der Waals surface area (Å²) in [5.41, 5.74) is -0.516. The summed E-state index contributed by atoms with van der Waals surface area (Å²) < 4.78 is 0. The lowest BCUT2D eigenvalue weighted by Crippen LogP contribution is -3.00. The molecule has 0 amide bonds. The minimum absolute atomic E-state index is 0. The van der Waals surface area contributed by atoms with Crippen molar-refractivity contribution in [2.75, 3.05) is 0 Å². The maximum absolute atomic E-state index is 10.6. The van der Waals surface area contributed by atoms with E-state index < -0.39 is 11.4 Å². The van der Waals surface area contributed by atoms with Crippen LogP contribution in [0.3, 0.4) is 0 Å². The van der Waals surface area contributed by atoms with Crippen molar-refractivity contribution >= 4 is 5.97 Å². The first-order valence-electron chi connectivity index (χ1n) is 3.87. The number of rotatable bonds is 1. The lowest BCUT2D eigenvalue weighted by molar-refractivity contribution is -0.319. The smallest absolute Gasteiger partial charge is 0.550 e. The number of carbonyl (C=O) groups excluding carboxylic acids is 1. The summed E-state index contributed by atoms with van der Waals surface area (Å²) >= 11 is 0. The Morgan fingerprint density at radius 3 is 2.00 bits per heavy atom. The molecule has 0 unspecified atom stereocenters. The summed E-state index contributed by atoms with van der Waals surface area (Å²) in [6.45, 7) is 1.79. The fourth-order valence-corrected chi connectivity index (χ4v) is 1.54. The molecule has 0 bridgehead atoms. The molecule has 0 aliphatic heterocycles. The molecule has 2 nitrogen and oxygen atoms in total. The molecule has 2 radical (unpaired) electrons. The summed E-state index contributed by atoms with van der Waals surface area (Å²) in [7, 11) is 0. The van der Waals surface area contributed by atoms with E-state index in [9.17, 15) is 9.90 Å². The maximum Gasteiger partial charge on any atom is 1.00 e. The van der Waals surface area contributed by atoms with E-state index in [4.69, 9.17) is 0 Å². The van der Waals surface area contributed by atoms with Gasteiger partial charge in [-0.25, -0.2) is 0 Å². The standard InChI is InChI=1S/C8H14O2.I/c1-8(7(9)10)5-3-2-4-6-8;/h2-6H2,1H3,(H,9,10);/q;+1/p-1. The van der Waals surface area contributed by atoms with Crippen LogP contribution in [0.5, 0.6) is 0 Å². The zero-order valence-electron chi connectivity index (χ0n) is 6.73. The van der Waals surface area contributed by atoms with E-state index in [1.54, 1.807) is 6.92 Å². The highest BCUT2D eigenvalue weighted by atomic mass is 127. The van der Waals surface area contributed by atoms with Gasteiger partial charge in [0.2, 0.25) is 0 Å². The SMILES string of the molecule is CC1(C(=O)[O-])CCCCC1.[I+]. The lowest BCUT2D eigenvalue weighted by atomic mass is 9.76. The largest absolute Gasteiger partial charge is 1.00 e. The van der Waals surface area contributed by atoms with E-state index in [2.05, 4.69) is 0 Å². The van der Waals surface area contributed by atoms with E-state index in [0.29, 0.717) is 0 Å². The second-order valence-electron chi connectivity index (χ2n) is 3.41. The number of aliphatic carboxylic acids is 1. The number of halogens is 1. The monoisotopic (exact) mass is 268 g/mol. The average molecular weight is 268 g/mol. The zero-order valence-corrected chi connectivity index (χ0v) is 8.89. The first kappa shape index (κ1) is 11.2. The van der Waals surface area contributed by atoms with Gasteiger partial charge in [-0.1, -0.05) is 26.2 Å². The average Bonchev–Trinajstić information content (AvgIpc) is 1.89. The van der Waals surface area contributed by atoms with Gasteiger partial charge < -0.3 is 9.90 Å². The molecule has 0 N–H and O–H groups in total. The van der Waals surface area contributed by atoms with E-state index in [1.165, 1.54) is 6.42 Å². The van der Waals surface area contributed by atoms with Crippen LogP contribution in [0.2, 0.25) is 0 Å². The van der Waals surface area contributed by atoms with Gasteiger partial charge in [0.05, 0.1) is 0 Å². The second kappa shape index (κ2) is 4.28. The van der Waals surface area contributed by atoms with Crippen LogP contribution >= 0.6 is 0 Å². The molecule has 11 heavy (non-hydrogen) atoms. The number of carboxylic acids is 1. The predicted octanol–water partition coefficient (Wildman–Crippen LogP) is -2.29. The molecule has 1 rings (SSSR count). The first-order valence-corrected chi connectivity index (χ1v) is 3.87. The van der Waals surface area contributed by atoms with Crippen LogP contribution in [-0.2, 0) is 4.79 Å². The topological polar surface area (TPSA) is 40.1 Å². The van der Waals surface area contributed by atoms with Crippen LogP contribution < -0.4 is 29.1 Å². The molecular formula is C8H13IO2. The quantitative estimate of drug-likeness (QED) is 0.502. The summed E-state index contributed by atoms with van der Waals surface area (Å²) in [5, 5.41) is 10.6. The lowest BCUT2D eigenvalue weighted by Gasteiger charge is -2.34. The van der Waals surface area contributed by atoms with E-state index in [1.807, 2.05) is 0 Å². The number of carbonyl (C=O) groups is 1.